The predicted octanol–water partition coefficient (Wildman–Crippen LogP) is 5.96. The molecule has 3 heterocycles. The molecule has 0 radical (unpaired) electrons. The lowest BCUT2D eigenvalue weighted by atomic mass is 9.96. The van der Waals surface area contributed by atoms with Crippen molar-refractivity contribution in [3.8, 4) is 11.1 Å². The van der Waals surface area contributed by atoms with E-state index in [1.807, 2.05) is 31.2 Å². The second kappa shape index (κ2) is 14.8. The van der Waals surface area contributed by atoms with Crippen LogP contribution in [0.1, 0.15) is 53.2 Å². The minimum atomic E-state index is -0.720. The molecule has 2 amide bonds. The maximum absolute atomic E-state index is 13.3. The minimum Gasteiger partial charge on any atom is -0.456 e. The van der Waals surface area contributed by atoms with Crippen LogP contribution in [-0.4, -0.2) is 77.6 Å². The summed E-state index contributed by atoms with van der Waals surface area (Å²) in [4.78, 5) is 48.4. The molecule has 0 unspecified atom stereocenters. The van der Waals surface area contributed by atoms with Gasteiger partial charge in [0.2, 0.25) is 5.91 Å². The van der Waals surface area contributed by atoms with E-state index in [0.29, 0.717) is 36.7 Å². The van der Waals surface area contributed by atoms with E-state index >= 15 is 0 Å². The number of hydrogen-bond donors (Lipinski definition) is 1. The summed E-state index contributed by atoms with van der Waals surface area (Å²) in [5.74, 6) is -1.15. The van der Waals surface area contributed by atoms with Gasteiger partial charge in [-0.2, -0.15) is 0 Å². The number of hydrogen-bond acceptors (Lipinski definition) is 8. The van der Waals surface area contributed by atoms with Crippen LogP contribution in [-0.2, 0) is 19.1 Å². The summed E-state index contributed by atoms with van der Waals surface area (Å²) in [6.07, 6.45) is 3.30. The highest BCUT2D eigenvalue weighted by atomic mass is 32.1. The Morgan fingerprint density at radius 2 is 1.46 bits per heavy atom. The third-order valence-corrected chi connectivity index (χ3v) is 8.65. The Kier molecular flexibility index (Phi) is 10.6. The number of ether oxygens (including phenoxy) is 2. The van der Waals surface area contributed by atoms with Crippen LogP contribution < -0.4 is 5.32 Å². The molecule has 46 heavy (non-hydrogen) atoms. The molecule has 9 nitrogen and oxygen atoms in total. The van der Waals surface area contributed by atoms with Crippen LogP contribution in [0.5, 0.6) is 0 Å². The number of anilines is 1. The molecule has 1 saturated heterocycles. The molecule has 0 bridgehead atoms. The summed E-state index contributed by atoms with van der Waals surface area (Å²) >= 11 is 1.29. The zero-order chi connectivity index (χ0) is 32.7. The quantitative estimate of drug-likeness (QED) is 0.214. The Balaban J connectivity index is 1.17. The van der Waals surface area contributed by atoms with Crippen LogP contribution >= 0.6 is 11.3 Å². The Morgan fingerprint density at radius 1 is 0.870 bits per heavy atom. The van der Waals surface area contributed by atoms with Gasteiger partial charge in [0.05, 0.1) is 6.04 Å². The Morgan fingerprint density at radius 3 is 2.02 bits per heavy atom. The Bertz CT molecular complexity index is 1590. The van der Waals surface area contributed by atoms with Crippen molar-refractivity contribution in [1.82, 2.24) is 14.8 Å². The van der Waals surface area contributed by atoms with E-state index in [1.165, 1.54) is 22.5 Å². The van der Waals surface area contributed by atoms with Gasteiger partial charge >= 0.3 is 5.97 Å². The molecule has 0 saturated carbocycles. The van der Waals surface area contributed by atoms with Crippen molar-refractivity contribution in [2.45, 2.75) is 39.3 Å². The second-order valence-electron chi connectivity index (χ2n) is 12.2. The summed E-state index contributed by atoms with van der Waals surface area (Å²) in [6.45, 7) is 9.30. The van der Waals surface area contributed by atoms with Crippen LogP contribution in [0.4, 0.5) is 5.00 Å². The van der Waals surface area contributed by atoms with Gasteiger partial charge in [-0.3, -0.25) is 19.5 Å². The van der Waals surface area contributed by atoms with Gasteiger partial charge in [-0.25, -0.2) is 4.79 Å². The average molecular weight is 641 g/mol. The lowest BCUT2D eigenvalue weighted by Crippen LogP contribution is -2.50. The number of thiophene rings is 1. The van der Waals surface area contributed by atoms with E-state index in [9.17, 15) is 14.4 Å². The number of esters is 1. The number of carbonyl (C=O) groups is 3. The average Bonchev–Trinajstić information content (AvgIpc) is 3.37. The molecule has 2 aromatic carbocycles. The normalized spacial score (nSPS) is 13.9. The van der Waals surface area contributed by atoms with Gasteiger partial charge in [-0.05, 0) is 56.5 Å². The molecule has 2 aromatic heterocycles. The van der Waals surface area contributed by atoms with Crippen molar-refractivity contribution >= 4 is 34.1 Å². The smallest absolute Gasteiger partial charge is 0.342 e. The standard InChI is InChI=1S/C36H40N4O5S/c1-25-31(26-15-17-37-18-16-26)32(35(43)45-36(2,3)4)34(46-25)38-29(41)23-44-24-30(42)39-19-21-40(22-20-39)33(27-11-7-5-8-12-27)28-13-9-6-10-14-28/h5-18,33H,19-24H2,1-4H3,(H,38,41). The number of benzene rings is 2. The SMILES string of the molecule is Cc1sc(NC(=O)COCC(=O)N2CCN(C(c3ccccc3)c3ccccc3)CC2)c(C(=O)OC(C)(C)C)c1-c1ccncc1. The fourth-order valence-corrected chi connectivity index (χ4v) is 6.70. The molecule has 1 aliphatic heterocycles. The summed E-state index contributed by atoms with van der Waals surface area (Å²) in [5.41, 5.74) is 3.48. The largest absolute Gasteiger partial charge is 0.456 e. The highest BCUT2D eigenvalue weighted by Gasteiger charge is 2.30. The van der Waals surface area contributed by atoms with Gasteiger partial charge in [-0.1, -0.05) is 60.7 Å². The molecule has 1 N–H and O–H groups in total. The van der Waals surface area contributed by atoms with Gasteiger partial charge in [0.1, 0.15) is 29.4 Å². The zero-order valence-electron chi connectivity index (χ0n) is 26.7. The number of nitrogens with zero attached hydrogens (tertiary/aromatic N) is 3. The van der Waals surface area contributed by atoms with E-state index in [2.05, 4.69) is 63.7 Å². The maximum atomic E-state index is 13.3. The lowest BCUT2D eigenvalue weighted by molar-refractivity contribution is -0.139. The Hall–Kier alpha value is -4.38. The van der Waals surface area contributed by atoms with Gasteiger partial charge < -0.3 is 19.7 Å². The molecule has 0 spiro atoms. The van der Waals surface area contributed by atoms with Crippen molar-refractivity contribution < 1.29 is 23.9 Å². The summed E-state index contributed by atoms with van der Waals surface area (Å²) < 4.78 is 11.3. The lowest BCUT2D eigenvalue weighted by Gasteiger charge is -2.39. The highest BCUT2D eigenvalue weighted by molar-refractivity contribution is 7.17. The monoisotopic (exact) mass is 640 g/mol. The third kappa shape index (κ3) is 8.25. The fourth-order valence-electron chi connectivity index (χ4n) is 5.62. The maximum Gasteiger partial charge on any atom is 0.342 e. The van der Waals surface area contributed by atoms with Crippen LogP contribution in [0, 0.1) is 6.92 Å². The number of aryl methyl sites for hydroxylation is 1. The molecule has 1 aliphatic rings. The van der Waals surface area contributed by atoms with Crippen molar-refractivity contribution in [3.63, 3.8) is 0 Å². The number of amides is 2. The number of rotatable bonds is 10. The molecule has 10 heteroatoms. The van der Waals surface area contributed by atoms with Crippen LogP contribution in [0.15, 0.2) is 85.2 Å². The summed E-state index contributed by atoms with van der Waals surface area (Å²) in [6, 6.07) is 24.5. The summed E-state index contributed by atoms with van der Waals surface area (Å²) in [7, 11) is 0. The molecule has 240 valence electrons. The van der Waals surface area contributed by atoms with Gasteiger partial charge in [0.15, 0.2) is 0 Å². The van der Waals surface area contributed by atoms with Crippen molar-refractivity contribution in [2.24, 2.45) is 0 Å². The van der Waals surface area contributed by atoms with E-state index < -0.39 is 17.5 Å². The van der Waals surface area contributed by atoms with Crippen molar-refractivity contribution in [1.29, 1.82) is 0 Å². The fraction of sp³-hybridized carbons (Fsp3) is 0.333. The first-order chi connectivity index (χ1) is 22.1. The molecule has 4 aromatic rings. The van der Waals surface area contributed by atoms with E-state index in [4.69, 9.17) is 9.47 Å². The molecule has 1 fully saturated rings. The van der Waals surface area contributed by atoms with E-state index in [1.54, 1.807) is 38.1 Å². The molecular weight excluding hydrogens is 600 g/mol. The number of pyridine rings is 1. The van der Waals surface area contributed by atoms with Gasteiger partial charge in [-0.15, -0.1) is 11.3 Å². The number of nitrogens with one attached hydrogen (secondary N) is 1. The molecule has 5 rings (SSSR count). The van der Waals surface area contributed by atoms with Gasteiger partial charge in [0, 0.05) is 49.0 Å². The van der Waals surface area contributed by atoms with Crippen LogP contribution in [0.2, 0.25) is 0 Å². The van der Waals surface area contributed by atoms with Crippen LogP contribution in [0.25, 0.3) is 11.1 Å². The number of piperazine rings is 1. The molecule has 0 aliphatic carbocycles. The number of carbonyl (C=O) groups excluding carboxylic acids is 3. The van der Waals surface area contributed by atoms with E-state index in [-0.39, 0.29) is 30.7 Å². The van der Waals surface area contributed by atoms with E-state index in [0.717, 1.165) is 10.4 Å². The van der Waals surface area contributed by atoms with Crippen LogP contribution in [0.3, 0.4) is 0 Å². The first kappa shape index (κ1) is 33.0. The Labute approximate surface area is 274 Å². The predicted molar refractivity (Wildman–Crippen MR) is 180 cm³/mol. The first-order valence-electron chi connectivity index (χ1n) is 15.4. The highest BCUT2D eigenvalue weighted by Crippen LogP contribution is 2.40. The zero-order valence-corrected chi connectivity index (χ0v) is 27.5. The van der Waals surface area contributed by atoms with Crippen molar-refractivity contribution in [3.05, 3.63) is 107 Å². The third-order valence-electron chi connectivity index (χ3n) is 7.63. The molecular formula is C36H40N4O5S. The number of aromatic nitrogens is 1. The minimum absolute atomic E-state index is 0.102. The first-order valence-corrected chi connectivity index (χ1v) is 16.2. The topological polar surface area (TPSA) is 101 Å². The second-order valence-corrected chi connectivity index (χ2v) is 13.4. The van der Waals surface area contributed by atoms with Gasteiger partial charge in [0.25, 0.3) is 5.91 Å². The summed E-state index contributed by atoms with van der Waals surface area (Å²) in [5, 5.41) is 3.19. The van der Waals surface area contributed by atoms with Crippen molar-refractivity contribution in [2.75, 3.05) is 44.7 Å². The molecule has 0 atom stereocenters.